The molecule has 1 saturated heterocycles. The highest BCUT2D eigenvalue weighted by Crippen LogP contribution is 2.39. The Morgan fingerprint density at radius 1 is 1.15 bits per heavy atom. The molecule has 0 amide bonds. The van der Waals surface area contributed by atoms with E-state index in [0.717, 1.165) is 43.0 Å². The third-order valence-corrected chi connectivity index (χ3v) is 6.25. The van der Waals surface area contributed by atoms with Crippen molar-refractivity contribution < 1.29 is 14.3 Å². The molecule has 0 spiro atoms. The number of esters is 1. The lowest BCUT2D eigenvalue weighted by Gasteiger charge is -2.35. The van der Waals surface area contributed by atoms with Crippen LogP contribution in [0.15, 0.2) is 36.5 Å². The number of halogens is 2. The molecule has 1 aliphatic heterocycles. The Kier molecular flexibility index (Phi) is 7.12. The van der Waals surface area contributed by atoms with E-state index >= 15 is 0 Å². The Morgan fingerprint density at radius 3 is 2.58 bits per heavy atom. The highest BCUT2D eigenvalue weighted by Gasteiger charge is 2.23. The maximum absolute atomic E-state index is 12.8. The number of ether oxygens (including phenoxy) is 2. The Balaban J connectivity index is 1.89. The zero-order valence-corrected chi connectivity index (χ0v) is 20.3. The molecular formula is C24H26Cl2N4O3. The van der Waals surface area contributed by atoms with Gasteiger partial charge in [-0.1, -0.05) is 23.2 Å². The number of benzene rings is 2. The maximum Gasteiger partial charge on any atom is 0.341 e. The molecule has 33 heavy (non-hydrogen) atoms. The average Bonchev–Trinajstić information content (AvgIpc) is 2.80. The van der Waals surface area contributed by atoms with Crippen LogP contribution in [0.2, 0.25) is 10.0 Å². The number of piperazine rings is 1. The van der Waals surface area contributed by atoms with Crippen molar-refractivity contribution >= 4 is 57.1 Å². The van der Waals surface area contributed by atoms with E-state index in [4.69, 9.17) is 32.7 Å². The fourth-order valence-corrected chi connectivity index (χ4v) is 4.35. The zero-order valence-electron chi connectivity index (χ0n) is 18.8. The van der Waals surface area contributed by atoms with Gasteiger partial charge >= 0.3 is 5.97 Å². The Morgan fingerprint density at radius 2 is 1.91 bits per heavy atom. The SMILES string of the molecule is CCOC(=O)c1cnc2cc(OC)c(N3CCN(C)CC3)cc2c1Nc1ccc(Cl)cc1Cl. The maximum atomic E-state index is 12.8. The number of aromatic nitrogens is 1. The standard InChI is InChI=1S/C24H26Cl2N4O3/c1-4-33-24(31)17-14-27-20-13-22(32-3)21(30-9-7-29(2)8-10-30)12-16(20)23(17)28-19-6-5-15(25)11-18(19)26/h5-6,11-14H,4,7-10H2,1-3H3,(H,27,28). The Labute approximate surface area is 203 Å². The number of pyridine rings is 1. The van der Waals surface area contributed by atoms with Crippen LogP contribution in [-0.4, -0.2) is 62.8 Å². The third-order valence-electron chi connectivity index (χ3n) is 5.70. The van der Waals surface area contributed by atoms with E-state index in [1.165, 1.54) is 6.20 Å². The van der Waals surface area contributed by atoms with Crippen LogP contribution >= 0.6 is 23.2 Å². The molecule has 4 rings (SSSR count). The van der Waals surface area contributed by atoms with Gasteiger partial charge in [0, 0.05) is 48.9 Å². The minimum absolute atomic E-state index is 0.257. The van der Waals surface area contributed by atoms with E-state index in [1.54, 1.807) is 32.2 Å². The van der Waals surface area contributed by atoms with E-state index in [1.807, 2.05) is 12.1 Å². The molecule has 2 aromatic carbocycles. The van der Waals surface area contributed by atoms with Crippen molar-refractivity contribution in [2.24, 2.45) is 0 Å². The summed E-state index contributed by atoms with van der Waals surface area (Å²) < 4.78 is 11.0. The van der Waals surface area contributed by atoms with Crippen molar-refractivity contribution in [1.29, 1.82) is 0 Å². The fourth-order valence-electron chi connectivity index (χ4n) is 3.89. The van der Waals surface area contributed by atoms with Gasteiger partial charge in [0.2, 0.25) is 0 Å². The summed E-state index contributed by atoms with van der Waals surface area (Å²) in [4.78, 5) is 21.9. The van der Waals surface area contributed by atoms with Crippen molar-refractivity contribution in [3.05, 3.63) is 52.1 Å². The van der Waals surface area contributed by atoms with Gasteiger partial charge in [-0.3, -0.25) is 4.98 Å². The monoisotopic (exact) mass is 488 g/mol. The second-order valence-corrected chi connectivity index (χ2v) is 8.69. The fraction of sp³-hybridized carbons (Fsp3) is 0.333. The number of carbonyl (C=O) groups is 1. The first-order valence-electron chi connectivity index (χ1n) is 10.7. The highest BCUT2D eigenvalue weighted by molar-refractivity contribution is 6.36. The summed E-state index contributed by atoms with van der Waals surface area (Å²) in [6.07, 6.45) is 1.52. The van der Waals surface area contributed by atoms with Crippen LogP contribution < -0.4 is 15.0 Å². The molecule has 1 N–H and O–H groups in total. The van der Waals surface area contributed by atoms with Crippen molar-refractivity contribution in [3.8, 4) is 5.75 Å². The van der Waals surface area contributed by atoms with Crippen molar-refractivity contribution in [2.75, 3.05) is 57.2 Å². The number of hydrogen-bond acceptors (Lipinski definition) is 7. The van der Waals surface area contributed by atoms with Crippen LogP contribution in [-0.2, 0) is 4.74 Å². The van der Waals surface area contributed by atoms with Gasteiger partial charge in [0.15, 0.2) is 0 Å². The third kappa shape index (κ3) is 4.95. The number of rotatable bonds is 6. The van der Waals surface area contributed by atoms with Gasteiger partial charge in [-0.05, 0) is 38.2 Å². The summed E-state index contributed by atoms with van der Waals surface area (Å²) in [5.41, 5.74) is 3.15. The number of likely N-dealkylation sites (N-methyl/N-ethyl adjacent to an activating group) is 1. The summed E-state index contributed by atoms with van der Waals surface area (Å²) in [5.74, 6) is 0.273. The van der Waals surface area contributed by atoms with Gasteiger partial charge in [-0.2, -0.15) is 0 Å². The molecule has 2 heterocycles. The molecule has 3 aromatic rings. The van der Waals surface area contributed by atoms with E-state index in [9.17, 15) is 4.79 Å². The number of nitrogens with one attached hydrogen (secondary N) is 1. The molecule has 174 valence electrons. The number of nitrogens with zero attached hydrogens (tertiary/aromatic N) is 3. The molecule has 0 saturated carbocycles. The van der Waals surface area contributed by atoms with E-state index in [-0.39, 0.29) is 6.61 Å². The van der Waals surface area contributed by atoms with E-state index in [0.29, 0.717) is 32.5 Å². The quantitative estimate of drug-likeness (QED) is 0.476. The number of anilines is 3. The van der Waals surface area contributed by atoms with Crippen LogP contribution in [0.5, 0.6) is 5.75 Å². The van der Waals surface area contributed by atoms with Crippen LogP contribution in [0.25, 0.3) is 10.9 Å². The predicted molar refractivity (Wildman–Crippen MR) is 134 cm³/mol. The number of carbonyl (C=O) groups excluding carboxylic acids is 1. The normalized spacial score (nSPS) is 14.4. The number of hydrogen-bond donors (Lipinski definition) is 1. The van der Waals surface area contributed by atoms with Gasteiger partial charge in [0.05, 0.1) is 41.3 Å². The molecule has 9 heteroatoms. The minimum atomic E-state index is -0.462. The second kappa shape index (κ2) is 10.0. The van der Waals surface area contributed by atoms with Gasteiger partial charge in [-0.15, -0.1) is 0 Å². The topological polar surface area (TPSA) is 66.9 Å². The molecule has 0 atom stereocenters. The summed E-state index contributed by atoms with van der Waals surface area (Å²) >= 11 is 12.5. The molecule has 1 aliphatic rings. The van der Waals surface area contributed by atoms with Crippen LogP contribution in [0.1, 0.15) is 17.3 Å². The highest BCUT2D eigenvalue weighted by atomic mass is 35.5. The van der Waals surface area contributed by atoms with Gasteiger partial charge in [0.25, 0.3) is 0 Å². The molecule has 7 nitrogen and oxygen atoms in total. The van der Waals surface area contributed by atoms with Gasteiger partial charge in [-0.25, -0.2) is 4.79 Å². The lowest BCUT2D eigenvalue weighted by Crippen LogP contribution is -2.44. The Bertz CT molecular complexity index is 1180. The second-order valence-electron chi connectivity index (χ2n) is 7.85. The summed E-state index contributed by atoms with van der Waals surface area (Å²) in [5, 5.41) is 5.06. The first-order chi connectivity index (χ1) is 15.9. The molecule has 0 aliphatic carbocycles. The van der Waals surface area contributed by atoms with Crippen molar-refractivity contribution in [2.45, 2.75) is 6.92 Å². The van der Waals surface area contributed by atoms with Gasteiger partial charge in [0.1, 0.15) is 11.3 Å². The first kappa shape index (κ1) is 23.4. The summed E-state index contributed by atoms with van der Waals surface area (Å²) in [7, 11) is 3.77. The van der Waals surface area contributed by atoms with Crippen LogP contribution in [0.3, 0.4) is 0 Å². The molecular weight excluding hydrogens is 463 g/mol. The van der Waals surface area contributed by atoms with Gasteiger partial charge < -0.3 is 24.6 Å². The smallest absolute Gasteiger partial charge is 0.341 e. The summed E-state index contributed by atoms with van der Waals surface area (Å²) in [6, 6.07) is 9.07. The molecule has 0 bridgehead atoms. The van der Waals surface area contributed by atoms with Crippen molar-refractivity contribution in [1.82, 2.24) is 9.88 Å². The number of fused-ring (bicyclic) bond motifs is 1. The van der Waals surface area contributed by atoms with Crippen LogP contribution in [0, 0.1) is 0 Å². The largest absolute Gasteiger partial charge is 0.495 e. The Hall–Kier alpha value is -2.74. The van der Waals surface area contributed by atoms with E-state index < -0.39 is 5.97 Å². The van der Waals surface area contributed by atoms with Crippen molar-refractivity contribution in [3.63, 3.8) is 0 Å². The molecule has 0 unspecified atom stereocenters. The molecule has 0 radical (unpaired) electrons. The average molecular weight is 489 g/mol. The predicted octanol–water partition coefficient (Wildman–Crippen LogP) is 5.22. The lowest BCUT2D eigenvalue weighted by molar-refractivity contribution is 0.0527. The minimum Gasteiger partial charge on any atom is -0.495 e. The van der Waals surface area contributed by atoms with E-state index in [2.05, 4.69) is 27.1 Å². The summed E-state index contributed by atoms with van der Waals surface area (Å²) in [6.45, 7) is 5.67. The molecule has 1 fully saturated rings. The first-order valence-corrected chi connectivity index (χ1v) is 11.5. The number of methoxy groups -OCH3 is 1. The van der Waals surface area contributed by atoms with Crippen LogP contribution in [0.4, 0.5) is 17.1 Å². The molecule has 1 aromatic heterocycles. The zero-order chi connectivity index (χ0) is 23.5. The lowest BCUT2D eigenvalue weighted by atomic mass is 10.1.